The van der Waals surface area contributed by atoms with Crippen LogP contribution in [0.5, 0.6) is 11.5 Å². The molecular weight excluding hydrogens is 356 g/mol. The zero-order valence-electron chi connectivity index (χ0n) is 15.1. The monoisotopic (exact) mass is 372 g/mol. The number of fused-ring (bicyclic) bond motifs is 3. The van der Waals surface area contributed by atoms with Crippen LogP contribution in [-0.2, 0) is 6.61 Å². The third-order valence-electron chi connectivity index (χ3n) is 4.46. The van der Waals surface area contributed by atoms with Crippen LogP contribution >= 0.6 is 0 Å². The number of methoxy groups -OCH3 is 1. The largest absolute Gasteiger partial charge is 0.497 e. The van der Waals surface area contributed by atoms with E-state index in [-0.39, 0.29) is 6.61 Å². The number of ether oxygens (including phenoxy) is 2. The summed E-state index contributed by atoms with van der Waals surface area (Å²) in [4.78, 5) is 4.57. The van der Waals surface area contributed by atoms with Gasteiger partial charge < -0.3 is 9.47 Å². The van der Waals surface area contributed by atoms with Gasteiger partial charge in [-0.25, -0.2) is 9.67 Å². The third kappa shape index (κ3) is 2.71. The van der Waals surface area contributed by atoms with E-state index in [1.165, 1.54) is 0 Å². The Kier molecular flexibility index (Phi) is 3.86. The van der Waals surface area contributed by atoms with Crippen LogP contribution in [0.2, 0.25) is 0 Å². The van der Waals surface area contributed by atoms with Crippen LogP contribution in [0.4, 0.5) is 0 Å². The summed E-state index contributed by atoms with van der Waals surface area (Å²) >= 11 is 0. The number of hydrogen-bond acceptors (Lipinski definition) is 6. The summed E-state index contributed by atoms with van der Waals surface area (Å²) in [5, 5.41) is 13.9. The van der Waals surface area contributed by atoms with Gasteiger partial charge in [-0.15, -0.1) is 10.2 Å². The Morgan fingerprint density at radius 1 is 0.929 bits per heavy atom. The molecule has 3 aromatic heterocycles. The SMILES string of the molecule is COc1cccc(OCc2nnc3c4cnn(-c5ccccc5)c4ncn23)c1. The molecule has 138 valence electrons. The fourth-order valence-electron chi connectivity index (χ4n) is 3.06. The summed E-state index contributed by atoms with van der Waals surface area (Å²) in [7, 11) is 1.62. The van der Waals surface area contributed by atoms with Gasteiger partial charge in [0.15, 0.2) is 17.1 Å². The Bertz CT molecular complexity index is 1260. The Labute approximate surface area is 160 Å². The van der Waals surface area contributed by atoms with E-state index in [1.807, 2.05) is 59.0 Å². The zero-order valence-corrected chi connectivity index (χ0v) is 15.1. The fraction of sp³-hybridized carbons (Fsp3) is 0.100. The van der Waals surface area contributed by atoms with Crippen molar-refractivity contribution in [2.75, 3.05) is 7.11 Å². The van der Waals surface area contributed by atoms with Crippen LogP contribution in [0.25, 0.3) is 22.4 Å². The number of aromatic nitrogens is 6. The maximum Gasteiger partial charge on any atom is 0.176 e. The van der Waals surface area contributed by atoms with Crippen molar-refractivity contribution in [1.29, 1.82) is 0 Å². The molecule has 0 saturated heterocycles. The van der Waals surface area contributed by atoms with Gasteiger partial charge in [-0.2, -0.15) is 5.10 Å². The molecule has 0 radical (unpaired) electrons. The Hall–Kier alpha value is -3.94. The number of rotatable bonds is 5. The molecule has 8 nitrogen and oxygen atoms in total. The second kappa shape index (κ2) is 6.66. The molecule has 0 bridgehead atoms. The lowest BCUT2D eigenvalue weighted by molar-refractivity contribution is 0.292. The minimum Gasteiger partial charge on any atom is -0.497 e. The van der Waals surface area contributed by atoms with E-state index in [9.17, 15) is 0 Å². The molecule has 0 amide bonds. The van der Waals surface area contributed by atoms with Gasteiger partial charge in [-0.1, -0.05) is 24.3 Å². The zero-order chi connectivity index (χ0) is 18.9. The molecule has 5 aromatic rings. The molecule has 0 aliphatic rings. The van der Waals surface area contributed by atoms with E-state index < -0.39 is 0 Å². The summed E-state index contributed by atoms with van der Waals surface area (Å²) in [6.07, 6.45) is 3.45. The molecule has 0 aliphatic carbocycles. The molecule has 0 unspecified atom stereocenters. The van der Waals surface area contributed by atoms with Crippen molar-refractivity contribution in [3.8, 4) is 17.2 Å². The van der Waals surface area contributed by atoms with Crippen molar-refractivity contribution in [2.45, 2.75) is 6.61 Å². The standard InChI is InChI=1S/C20H16N6O2/c1-27-15-8-5-9-16(10-15)28-12-18-23-24-20-17-11-22-26(14-6-3-2-4-7-14)19(17)21-13-25(18)20/h2-11,13H,12H2,1H3. The van der Waals surface area contributed by atoms with Crippen LogP contribution in [0.15, 0.2) is 67.1 Å². The molecular formula is C20H16N6O2. The lowest BCUT2D eigenvalue weighted by Gasteiger charge is -2.07. The van der Waals surface area contributed by atoms with E-state index in [4.69, 9.17) is 9.47 Å². The summed E-state index contributed by atoms with van der Waals surface area (Å²) in [5.74, 6) is 2.09. The lowest BCUT2D eigenvalue weighted by Crippen LogP contribution is -2.03. The molecule has 0 atom stereocenters. The normalized spacial score (nSPS) is 11.2. The van der Waals surface area contributed by atoms with Crippen molar-refractivity contribution in [3.63, 3.8) is 0 Å². The van der Waals surface area contributed by atoms with E-state index >= 15 is 0 Å². The van der Waals surface area contributed by atoms with Crippen LogP contribution in [0.1, 0.15) is 5.82 Å². The van der Waals surface area contributed by atoms with Gasteiger partial charge >= 0.3 is 0 Å². The molecule has 0 aliphatic heterocycles. The molecule has 28 heavy (non-hydrogen) atoms. The molecule has 0 N–H and O–H groups in total. The second-order valence-electron chi connectivity index (χ2n) is 6.15. The number of para-hydroxylation sites is 1. The van der Waals surface area contributed by atoms with E-state index in [1.54, 1.807) is 24.3 Å². The number of nitrogens with zero attached hydrogens (tertiary/aromatic N) is 6. The number of hydrogen-bond donors (Lipinski definition) is 0. The Morgan fingerprint density at radius 2 is 1.79 bits per heavy atom. The number of benzene rings is 2. The van der Waals surface area contributed by atoms with Gasteiger partial charge in [0.25, 0.3) is 0 Å². The minimum atomic E-state index is 0.258. The Morgan fingerprint density at radius 3 is 2.64 bits per heavy atom. The highest BCUT2D eigenvalue weighted by molar-refractivity contribution is 5.89. The summed E-state index contributed by atoms with van der Waals surface area (Å²) in [6.45, 7) is 0.258. The maximum absolute atomic E-state index is 5.84. The van der Waals surface area contributed by atoms with Crippen molar-refractivity contribution >= 4 is 16.7 Å². The minimum absolute atomic E-state index is 0.258. The van der Waals surface area contributed by atoms with Crippen molar-refractivity contribution in [3.05, 3.63) is 72.9 Å². The Balaban J connectivity index is 1.49. The van der Waals surface area contributed by atoms with Crippen LogP contribution in [0.3, 0.4) is 0 Å². The molecule has 0 spiro atoms. The van der Waals surface area contributed by atoms with Crippen molar-refractivity contribution in [1.82, 2.24) is 29.4 Å². The van der Waals surface area contributed by atoms with E-state index in [0.717, 1.165) is 22.5 Å². The first-order valence-electron chi connectivity index (χ1n) is 8.72. The average molecular weight is 372 g/mol. The van der Waals surface area contributed by atoms with Crippen LogP contribution in [-0.4, -0.2) is 36.5 Å². The summed E-state index contributed by atoms with van der Waals surface area (Å²) in [5.41, 5.74) is 2.36. The van der Waals surface area contributed by atoms with Gasteiger partial charge in [-0.3, -0.25) is 4.40 Å². The highest BCUT2D eigenvalue weighted by Gasteiger charge is 2.14. The van der Waals surface area contributed by atoms with Crippen molar-refractivity contribution in [2.24, 2.45) is 0 Å². The predicted molar refractivity (Wildman–Crippen MR) is 103 cm³/mol. The highest BCUT2D eigenvalue weighted by atomic mass is 16.5. The lowest BCUT2D eigenvalue weighted by atomic mass is 10.3. The molecule has 3 heterocycles. The topological polar surface area (TPSA) is 79.4 Å². The third-order valence-corrected chi connectivity index (χ3v) is 4.46. The quantitative estimate of drug-likeness (QED) is 0.472. The molecule has 0 fully saturated rings. The molecule has 2 aromatic carbocycles. The van der Waals surface area contributed by atoms with Gasteiger partial charge in [0.2, 0.25) is 0 Å². The van der Waals surface area contributed by atoms with Crippen molar-refractivity contribution < 1.29 is 9.47 Å². The maximum atomic E-state index is 5.84. The highest BCUT2D eigenvalue weighted by Crippen LogP contribution is 2.22. The van der Waals surface area contributed by atoms with Crippen LogP contribution in [0, 0.1) is 0 Å². The first-order valence-corrected chi connectivity index (χ1v) is 8.72. The van der Waals surface area contributed by atoms with Gasteiger partial charge in [0.05, 0.1) is 24.4 Å². The first kappa shape index (κ1) is 16.2. The first-order chi connectivity index (χ1) is 13.8. The van der Waals surface area contributed by atoms with E-state index in [0.29, 0.717) is 17.2 Å². The van der Waals surface area contributed by atoms with Gasteiger partial charge in [-0.05, 0) is 24.3 Å². The van der Waals surface area contributed by atoms with Crippen LogP contribution < -0.4 is 9.47 Å². The smallest absolute Gasteiger partial charge is 0.176 e. The molecule has 5 rings (SSSR count). The average Bonchev–Trinajstić information content (AvgIpc) is 3.37. The van der Waals surface area contributed by atoms with Gasteiger partial charge in [0.1, 0.15) is 24.4 Å². The predicted octanol–water partition coefficient (Wildman–Crippen LogP) is 3.05. The fourth-order valence-corrected chi connectivity index (χ4v) is 3.06. The summed E-state index contributed by atoms with van der Waals surface area (Å²) < 4.78 is 14.7. The summed E-state index contributed by atoms with van der Waals surface area (Å²) in [6, 6.07) is 17.3. The van der Waals surface area contributed by atoms with Gasteiger partial charge in [0, 0.05) is 6.07 Å². The molecule has 0 saturated carbocycles. The van der Waals surface area contributed by atoms with E-state index in [2.05, 4.69) is 20.3 Å². The molecule has 8 heteroatoms. The second-order valence-corrected chi connectivity index (χ2v) is 6.15.